The molecule has 1 aromatic carbocycles. The van der Waals surface area contributed by atoms with E-state index in [-0.39, 0.29) is 0 Å². The average molecular weight is 217 g/mol. The SMILES string of the molecule is Cc1ccc(C(O)c2c(N)n[nH]c2C)cc1. The van der Waals surface area contributed by atoms with E-state index >= 15 is 0 Å². The fourth-order valence-electron chi connectivity index (χ4n) is 1.72. The Morgan fingerprint density at radius 3 is 2.38 bits per heavy atom. The van der Waals surface area contributed by atoms with E-state index in [9.17, 15) is 5.11 Å². The Labute approximate surface area is 94.1 Å². The third-order valence-corrected chi connectivity index (χ3v) is 2.69. The molecule has 4 N–H and O–H groups in total. The molecule has 0 bridgehead atoms. The number of nitrogen functional groups attached to an aromatic ring is 1. The van der Waals surface area contributed by atoms with Crippen LogP contribution in [0.4, 0.5) is 5.82 Å². The molecule has 0 aliphatic rings. The van der Waals surface area contributed by atoms with Gasteiger partial charge in [-0.15, -0.1) is 0 Å². The molecule has 0 fully saturated rings. The van der Waals surface area contributed by atoms with Crippen molar-refractivity contribution in [2.75, 3.05) is 5.73 Å². The Balaban J connectivity index is 2.39. The Bertz CT molecular complexity index is 468. The molecule has 1 aromatic heterocycles. The van der Waals surface area contributed by atoms with Crippen molar-refractivity contribution in [1.29, 1.82) is 0 Å². The molecule has 16 heavy (non-hydrogen) atoms. The van der Waals surface area contributed by atoms with Gasteiger partial charge in [0.15, 0.2) is 5.82 Å². The van der Waals surface area contributed by atoms with Crippen LogP contribution < -0.4 is 5.73 Å². The van der Waals surface area contributed by atoms with Gasteiger partial charge >= 0.3 is 0 Å². The van der Waals surface area contributed by atoms with E-state index in [1.54, 1.807) is 0 Å². The number of nitrogens with two attached hydrogens (primary N) is 1. The van der Waals surface area contributed by atoms with Crippen LogP contribution >= 0.6 is 0 Å². The highest BCUT2D eigenvalue weighted by Crippen LogP contribution is 2.27. The van der Waals surface area contributed by atoms with Gasteiger partial charge in [0.2, 0.25) is 0 Å². The number of aryl methyl sites for hydroxylation is 2. The number of aromatic nitrogens is 2. The third kappa shape index (κ3) is 1.79. The summed E-state index contributed by atoms with van der Waals surface area (Å²) in [6.45, 7) is 3.85. The highest BCUT2D eigenvalue weighted by atomic mass is 16.3. The van der Waals surface area contributed by atoms with Crippen LogP contribution in [0.5, 0.6) is 0 Å². The minimum Gasteiger partial charge on any atom is -0.383 e. The third-order valence-electron chi connectivity index (χ3n) is 2.69. The van der Waals surface area contributed by atoms with Crippen LogP contribution in [-0.2, 0) is 0 Å². The zero-order valence-electron chi connectivity index (χ0n) is 9.36. The molecule has 1 unspecified atom stereocenters. The quantitative estimate of drug-likeness (QED) is 0.716. The van der Waals surface area contributed by atoms with E-state index in [0.717, 1.165) is 16.8 Å². The summed E-state index contributed by atoms with van der Waals surface area (Å²) in [5, 5.41) is 16.8. The van der Waals surface area contributed by atoms with E-state index < -0.39 is 6.10 Å². The molecule has 4 nitrogen and oxygen atoms in total. The maximum Gasteiger partial charge on any atom is 0.151 e. The van der Waals surface area contributed by atoms with Gasteiger partial charge in [0, 0.05) is 11.3 Å². The Kier molecular flexibility index (Phi) is 2.66. The summed E-state index contributed by atoms with van der Waals surface area (Å²) in [4.78, 5) is 0. The molecule has 0 amide bonds. The van der Waals surface area contributed by atoms with Crippen LogP contribution in [0, 0.1) is 13.8 Å². The Hall–Kier alpha value is -1.81. The van der Waals surface area contributed by atoms with Gasteiger partial charge in [0.25, 0.3) is 0 Å². The second kappa shape index (κ2) is 3.98. The summed E-state index contributed by atoms with van der Waals surface area (Å²) in [5.41, 5.74) is 9.14. The van der Waals surface area contributed by atoms with E-state index in [1.165, 1.54) is 0 Å². The monoisotopic (exact) mass is 217 g/mol. The van der Waals surface area contributed by atoms with Gasteiger partial charge in [-0.05, 0) is 19.4 Å². The van der Waals surface area contributed by atoms with Crippen molar-refractivity contribution >= 4 is 5.82 Å². The predicted octanol–water partition coefficient (Wildman–Crippen LogP) is 1.69. The van der Waals surface area contributed by atoms with Crippen LogP contribution in [0.15, 0.2) is 24.3 Å². The number of aromatic amines is 1. The summed E-state index contributed by atoms with van der Waals surface area (Å²) in [6, 6.07) is 7.71. The van der Waals surface area contributed by atoms with Gasteiger partial charge in [-0.3, -0.25) is 5.10 Å². The number of aliphatic hydroxyl groups is 1. The maximum absolute atomic E-state index is 10.2. The highest BCUT2D eigenvalue weighted by Gasteiger charge is 2.18. The standard InChI is InChI=1S/C12H15N3O/c1-7-3-5-9(6-4-7)11(16)10-8(2)14-15-12(10)13/h3-6,11,16H,1-2H3,(H3,13,14,15). The summed E-state index contributed by atoms with van der Waals surface area (Å²) in [7, 11) is 0. The van der Waals surface area contributed by atoms with Crippen molar-refractivity contribution in [2.45, 2.75) is 20.0 Å². The molecular formula is C12H15N3O. The first-order chi connectivity index (χ1) is 7.59. The summed E-state index contributed by atoms with van der Waals surface area (Å²) in [5.74, 6) is 0.352. The molecule has 0 saturated heterocycles. The lowest BCUT2D eigenvalue weighted by atomic mass is 10.0. The minimum absolute atomic E-state index is 0.352. The number of nitrogens with zero attached hydrogens (tertiary/aromatic N) is 1. The van der Waals surface area contributed by atoms with E-state index in [4.69, 9.17) is 5.73 Å². The smallest absolute Gasteiger partial charge is 0.151 e. The molecular weight excluding hydrogens is 202 g/mol. The minimum atomic E-state index is -0.723. The lowest BCUT2D eigenvalue weighted by Crippen LogP contribution is -2.03. The second-order valence-corrected chi connectivity index (χ2v) is 3.96. The summed E-state index contributed by atoms with van der Waals surface area (Å²) < 4.78 is 0. The Morgan fingerprint density at radius 1 is 1.25 bits per heavy atom. The van der Waals surface area contributed by atoms with Gasteiger partial charge < -0.3 is 10.8 Å². The number of benzene rings is 1. The van der Waals surface area contributed by atoms with Crippen LogP contribution in [0.3, 0.4) is 0 Å². The number of nitrogens with one attached hydrogen (secondary N) is 1. The van der Waals surface area contributed by atoms with Crippen LogP contribution in [0.2, 0.25) is 0 Å². The molecule has 1 atom stereocenters. The molecule has 0 aliphatic carbocycles. The Morgan fingerprint density at radius 2 is 1.88 bits per heavy atom. The van der Waals surface area contributed by atoms with Gasteiger partial charge in [0.1, 0.15) is 6.10 Å². The molecule has 2 aromatic rings. The predicted molar refractivity (Wildman–Crippen MR) is 63.0 cm³/mol. The van der Waals surface area contributed by atoms with Crippen molar-refractivity contribution in [2.24, 2.45) is 0 Å². The second-order valence-electron chi connectivity index (χ2n) is 3.96. The number of anilines is 1. The number of rotatable bonds is 2. The number of hydrogen-bond acceptors (Lipinski definition) is 3. The topological polar surface area (TPSA) is 74.9 Å². The normalized spacial score (nSPS) is 12.7. The van der Waals surface area contributed by atoms with Gasteiger partial charge in [-0.1, -0.05) is 29.8 Å². The number of hydrogen-bond donors (Lipinski definition) is 3. The molecule has 1 heterocycles. The zero-order valence-corrected chi connectivity index (χ0v) is 9.36. The highest BCUT2D eigenvalue weighted by molar-refractivity contribution is 5.47. The van der Waals surface area contributed by atoms with E-state index in [2.05, 4.69) is 10.2 Å². The van der Waals surface area contributed by atoms with Crippen LogP contribution in [0.25, 0.3) is 0 Å². The molecule has 0 saturated carbocycles. The van der Waals surface area contributed by atoms with Crippen molar-refractivity contribution in [1.82, 2.24) is 10.2 Å². The molecule has 0 radical (unpaired) electrons. The summed E-state index contributed by atoms with van der Waals surface area (Å²) >= 11 is 0. The maximum atomic E-state index is 10.2. The first kappa shape index (κ1) is 10.7. The molecule has 0 spiro atoms. The van der Waals surface area contributed by atoms with Gasteiger partial charge in [-0.25, -0.2) is 0 Å². The fraction of sp³-hybridized carbons (Fsp3) is 0.250. The number of H-pyrrole nitrogens is 1. The number of aliphatic hydroxyl groups excluding tert-OH is 1. The zero-order chi connectivity index (χ0) is 11.7. The molecule has 0 aliphatic heterocycles. The van der Waals surface area contributed by atoms with Crippen LogP contribution in [-0.4, -0.2) is 15.3 Å². The molecule has 84 valence electrons. The van der Waals surface area contributed by atoms with Crippen molar-refractivity contribution in [3.8, 4) is 0 Å². The van der Waals surface area contributed by atoms with Crippen LogP contribution in [0.1, 0.15) is 28.5 Å². The lowest BCUT2D eigenvalue weighted by Gasteiger charge is -2.11. The van der Waals surface area contributed by atoms with Gasteiger partial charge in [0.05, 0.1) is 0 Å². The first-order valence-electron chi connectivity index (χ1n) is 5.14. The molecule has 2 rings (SSSR count). The lowest BCUT2D eigenvalue weighted by molar-refractivity contribution is 0.220. The molecule has 4 heteroatoms. The fourth-order valence-corrected chi connectivity index (χ4v) is 1.72. The van der Waals surface area contributed by atoms with E-state index in [0.29, 0.717) is 11.4 Å². The van der Waals surface area contributed by atoms with Gasteiger partial charge in [-0.2, -0.15) is 5.10 Å². The van der Waals surface area contributed by atoms with Crippen molar-refractivity contribution in [3.05, 3.63) is 46.6 Å². The average Bonchev–Trinajstić information content (AvgIpc) is 2.59. The first-order valence-corrected chi connectivity index (χ1v) is 5.14. The summed E-state index contributed by atoms with van der Waals surface area (Å²) in [6.07, 6.45) is -0.723. The van der Waals surface area contributed by atoms with Crippen molar-refractivity contribution in [3.63, 3.8) is 0 Å². The van der Waals surface area contributed by atoms with E-state index in [1.807, 2.05) is 38.1 Å². The van der Waals surface area contributed by atoms with Crippen molar-refractivity contribution < 1.29 is 5.11 Å². The largest absolute Gasteiger partial charge is 0.383 e.